The van der Waals surface area contributed by atoms with E-state index in [0.717, 1.165) is 0 Å². The van der Waals surface area contributed by atoms with Crippen LogP contribution in [0, 0.1) is 20.2 Å². The largest absolute Gasteiger partial charge is 0.412 e. The van der Waals surface area contributed by atoms with Gasteiger partial charge in [-0.2, -0.15) is 10.1 Å². The SMILES string of the molecule is O=[N+]([O-])/N=c1\nc(-c2noc([N-][N+](=O)[O-])n2)[nH]o1. The van der Waals surface area contributed by atoms with Crippen molar-refractivity contribution in [3.05, 3.63) is 31.3 Å². The smallest absolute Gasteiger partial charge is 0.375 e. The number of hydrogen-bond donors (Lipinski definition) is 1. The molecule has 0 aliphatic heterocycles. The molecule has 0 aromatic carbocycles. The quantitative estimate of drug-likeness (QED) is 0.546. The second-order valence-electron chi connectivity index (χ2n) is 2.52. The molecule has 2 rings (SSSR count). The zero-order chi connectivity index (χ0) is 13.1. The molecule has 0 atom stereocenters. The van der Waals surface area contributed by atoms with Crippen molar-refractivity contribution < 1.29 is 19.1 Å². The number of aromatic nitrogens is 4. The molecule has 1 N–H and O–H groups in total. The molecule has 0 aliphatic carbocycles. The minimum absolute atomic E-state index is 0.163. The first-order chi connectivity index (χ1) is 8.54. The molecule has 0 radical (unpaired) electrons. The van der Waals surface area contributed by atoms with E-state index in [-0.39, 0.29) is 11.6 Å². The van der Waals surface area contributed by atoms with E-state index in [1.165, 1.54) is 0 Å². The Labute approximate surface area is 94.5 Å². The molecule has 14 nitrogen and oxygen atoms in total. The van der Waals surface area contributed by atoms with Crippen LogP contribution in [0.5, 0.6) is 0 Å². The van der Waals surface area contributed by atoms with Crippen molar-refractivity contribution in [2.45, 2.75) is 0 Å². The first kappa shape index (κ1) is 11.2. The maximum absolute atomic E-state index is 10.0. The van der Waals surface area contributed by atoms with E-state index in [9.17, 15) is 20.2 Å². The molecule has 0 spiro atoms. The van der Waals surface area contributed by atoms with Crippen LogP contribution in [0.25, 0.3) is 17.1 Å². The molecule has 2 aromatic heterocycles. The van der Waals surface area contributed by atoms with Crippen molar-refractivity contribution in [2.75, 3.05) is 0 Å². The summed E-state index contributed by atoms with van der Waals surface area (Å²) in [5, 5.41) is 26.1. The highest BCUT2D eigenvalue weighted by molar-refractivity contribution is 5.42. The van der Waals surface area contributed by atoms with Gasteiger partial charge in [-0.25, -0.2) is 10.1 Å². The lowest BCUT2D eigenvalue weighted by Crippen LogP contribution is -2.04. The van der Waals surface area contributed by atoms with Gasteiger partial charge in [0.1, 0.15) is 10.9 Å². The van der Waals surface area contributed by atoms with Crippen LogP contribution in [-0.4, -0.2) is 30.3 Å². The fourth-order valence-corrected chi connectivity index (χ4v) is 0.866. The van der Waals surface area contributed by atoms with Crippen LogP contribution in [0.2, 0.25) is 0 Å². The first-order valence-electron chi connectivity index (χ1n) is 3.99. The third-order valence-electron chi connectivity index (χ3n) is 1.41. The lowest BCUT2D eigenvalue weighted by molar-refractivity contribution is -0.492. The van der Waals surface area contributed by atoms with E-state index < -0.39 is 21.8 Å². The van der Waals surface area contributed by atoms with Crippen LogP contribution in [0.4, 0.5) is 6.01 Å². The topological polar surface area (TPSA) is 193 Å². The van der Waals surface area contributed by atoms with Crippen LogP contribution >= 0.6 is 0 Å². The van der Waals surface area contributed by atoms with Crippen molar-refractivity contribution in [1.29, 1.82) is 0 Å². The summed E-state index contributed by atoms with van der Waals surface area (Å²) < 4.78 is 8.87. The van der Waals surface area contributed by atoms with Crippen LogP contribution in [0.15, 0.2) is 14.1 Å². The maximum atomic E-state index is 10.0. The van der Waals surface area contributed by atoms with Gasteiger partial charge in [0, 0.05) is 0 Å². The summed E-state index contributed by atoms with van der Waals surface area (Å²) in [5.41, 5.74) is 2.16. The molecule has 14 heteroatoms. The number of aromatic amines is 1. The minimum Gasteiger partial charge on any atom is -0.375 e. The Balaban J connectivity index is 2.26. The lowest BCUT2D eigenvalue weighted by atomic mass is 10.6. The summed E-state index contributed by atoms with van der Waals surface area (Å²) in [4.78, 5) is 27.0. The highest BCUT2D eigenvalue weighted by Crippen LogP contribution is 2.17. The Kier molecular flexibility index (Phi) is 2.65. The third kappa shape index (κ3) is 2.43. The van der Waals surface area contributed by atoms with E-state index in [1.807, 2.05) is 0 Å². The van der Waals surface area contributed by atoms with Gasteiger partial charge >= 0.3 is 5.68 Å². The van der Waals surface area contributed by atoms with Gasteiger partial charge in [-0.05, 0) is 0 Å². The zero-order valence-corrected chi connectivity index (χ0v) is 8.08. The summed E-state index contributed by atoms with van der Waals surface area (Å²) in [7, 11) is 0. The molecule has 0 bridgehead atoms. The first-order valence-corrected chi connectivity index (χ1v) is 3.99. The monoisotopic (exact) mass is 257 g/mol. The Hall–Kier alpha value is -3.32. The van der Waals surface area contributed by atoms with Gasteiger partial charge in [-0.15, -0.1) is 0 Å². The van der Waals surface area contributed by atoms with Crippen molar-refractivity contribution in [1.82, 2.24) is 20.3 Å². The predicted molar refractivity (Wildman–Crippen MR) is 46.7 cm³/mol. The zero-order valence-electron chi connectivity index (χ0n) is 8.08. The van der Waals surface area contributed by atoms with Crippen molar-refractivity contribution in [2.24, 2.45) is 5.10 Å². The van der Waals surface area contributed by atoms with E-state index in [1.54, 1.807) is 0 Å². The summed E-state index contributed by atoms with van der Waals surface area (Å²) in [5.74, 6) is -0.395. The molecule has 2 aromatic rings. The molecule has 0 fully saturated rings. The van der Waals surface area contributed by atoms with Crippen LogP contribution in [-0.2, 0) is 0 Å². The third-order valence-corrected chi connectivity index (χ3v) is 1.41. The van der Waals surface area contributed by atoms with Gasteiger partial charge in [-0.1, -0.05) is 10.6 Å². The average molecular weight is 257 g/mol. The van der Waals surface area contributed by atoms with Crippen LogP contribution in [0.3, 0.4) is 0 Å². The van der Waals surface area contributed by atoms with Crippen molar-refractivity contribution in [3.63, 3.8) is 0 Å². The van der Waals surface area contributed by atoms with E-state index in [0.29, 0.717) is 0 Å². The summed E-state index contributed by atoms with van der Waals surface area (Å²) >= 11 is 0. The highest BCUT2D eigenvalue weighted by atomic mass is 16.7. The number of nitro groups is 2. The van der Waals surface area contributed by atoms with E-state index in [2.05, 4.69) is 39.9 Å². The standard InChI is InChI=1S/C4HN8O6/c13-11(14)7-3-5-1(9-17-3)2-6-4(18-10-2)8-12(15)16/h(H-,5,6,7,8,9,10)/q-1. The molecule has 0 amide bonds. The van der Waals surface area contributed by atoms with Crippen molar-refractivity contribution in [3.8, 4) is 11.6 Å². The molecular weight excluding hydrogens is 256 g/mol. The van der Waals surface area contributed by atoms with E-state index >= 15 is 0 Å². The molecule has 94 valence electrons. The van der Waals surface area contributed by atoms with Gasteiger partial charge in [0.2, 0.25) is 6.01 Å². The Bertz CT molecular complexity index is 650. The number of H-pyrrole nitrogens is 1. The highest BCUT2D eigenvalue weighted by Gasteiger charge is 2.08. The summed E-state index contributed by atoms with van der Waals surface area (Å²) in [6, 6.07) is -0.612. The second-order valence-corrected chi connectivity index (χ2v) is 2.52. The van der Waals surface area contributed by atoms with Gasteiger partial charge < -0.3 is 14.0 Å². The number of hydrogen-bond acceptors (Lipinski definition) is 9. The van der Waals surface area contributed by atoms with Gasteiger partial charge in [0.05, 0.1) is 5.03 Å². The molecule has 2 heterocycles. The number of nitrogens with one attached hydrogen (secondary N) is 1. The van der Waals surface area contributed by atoms with Gasteiger partial charge in [0.15, 0.2) is 10.9 Å². The van der Waals surface area contributed by atoms with E-state index in [4.69, 9.17) is 0 Å². The molecule has 0 aliphatic rings. The fraction of sp³-hybridized carbons (Fsp3) is 0. The normalized spacial score (nSPS) is 11.4. The summed E-state index contributed by atoms with van der Waals surface area (Å²) in [6.45, 7) is 0. The Morgan fingerprint density at radius 2 is 2.11 bits per heavy atom. The lowest BCUT2D eigenvalue weighted by Gasteiger charge is -1.93. The molecule has 0 saturated heterocycles. The molecule has 18 heavy (non-hydrogen) atoms. The Morgan fingerprint density at radius 3 is 2.78 bits per heavy atom. The average Bonchev–Trinajstić information content (AvgIpc) is 2.85. The minimum atomic E-state index is -1.03. The fourth-order valence-electron chi connectivity index (χ4n) is 0.866. The van der Waals surface area contributed by atoms with Gasteiger partial charge in [0.25, 0.3) is 0 Å². The van der Waals surface area contributed by atoms with Gasteiger partial charge in [-0.3, -0.25) is 10.1 Å². The summed E-state index contributed by atoms with van der Waals surface area (Å²) in [6.07, 6.45) is 0. The Morgan fingerprint density at radius 1 is 1.33 bits per heavy atom. The second kappa shape index (κ2) is 4.28. The molecular formula is C4HN8O6-. The maximum Gasteiger partial charge on any atom is 0.412 e. The number of nitrogens with zero attached hydrogens (tertiary/aromatic N) is 7. The van der Waals surface area contributed by atoms with Crippen molar-refractivity contribution >= 4 is 6.01 Å². The molecule has 0 saturated carbocycles. The van der Waals surface area contributed by atoms with Crippen LogP contribution in [0.1, 0.15) is 0 Å². The number of rotatable bonds is 4. The molecule has 0 unspecified atom stereocenters. The predicted octanol–water partition coefficient (Wildman–Crippen LogP) is -0.658. The van der Waals surface area contributed by atoms with Crippen LogP contribution < -0.4 is 5.68 Å².